The van der Waals surface area contributed by atoms with Crippen molar-refractivity contribution >= 4 is 43.5 Å². The summed E-state index contributed by atoms with van der Waals surface area (Å²) in [7, 11) is -2.66. The van der Waals surface area contributed by atoms with E-state index in [9.17, 15) is 27.6 Å². The first-order valence-corrected chi connectivity index (χ1v) is 12.3. The highest BCUT2D eigenvalue weighted by Crippen LogP contribution is 2.31. The molecule has 13 heteroatoms. The molecule has 0 saturated carbocycles. The number of esters is 4. The van der Waals surface area contributed by atoms with Crippen LogP contribution in [-0.4, -0.2) is 81.4 Å². The van der Waals surface area contributed by atoms with E-state index in [1.165, 1.54) is 6.92 Å². The van der Waals surface area contributed by atoms with Gasteiger partial charge in [-0.25, -0.2) is 8.42 Å². The van der Waals surface area contributed by atoms with Crippen molar-refractivity contribution in [2.24, 2.45) is 0 Å². The molecule has 0 N–H and O–H groups in total. The van der Waals surface area contributed by atoms with Gasteiger partial charge in [-0.15, -0.1) is 0 Å². The molecule has 30 heavy (non-hydrogen) atoms. The second kappa shape index (κ2) is 11.5. The summed E-state index contributed by atoms with van der Waals surface area (Å²) in [6.45, 7) is 4.24. The van der Waals surface area contributed by atoms with Gasteiger partial charge in [-0.3, -0.25) is 19.2 Å². The molecule has 0 bridgehead atoms. The van der Waals surface area contributed by atoms with Gasteiger partial charge >= 0.3 is 23.9 Å². The van der Waals surface area contributed by atoms with Crippen molar-refractivity contribution in [2.45, 2.75) is 64.6 Å². The minimum Gasteiger partial charge on any atom is -0.463 e. The largest absolute Gasteiger partial charge is 0.463 e. The highest BCUT2D eigenvalue weighted by molar-refractivity contribution is 8.71. The topological polar surface area (TPSA) is 149 Å². The van der Waals surface area contributed by atoms with Crippen LogP contribution < -0.4 is 0 Å². The van der Waals surface area contributed by atoms with Crippen LogP contribution in [0.4, 0.5) is 0 Å². The fraction of sp³-hybridized carbons (Fsp3) is 0.765. The van der Waals surface area contributed by atoms with E-state index in [0.717, 1.165) is 27.0 Å². The minimum atomic E-state index is -3.33. The molecular weight excluding hydrogens is 444 g/mol. The van der Waals surface area contributed by atoms with E-state index < -0.39 is 63.3 Å². The first-order valence-electron chi connectivity index (χ1n) is 8.95. The van der Waals surface area contributed by atoms with Crippen molar-refractivity contribution in [1.82, 2.24) is 0 Å². The summed E-state index contributed by atoms with van der Waals surface area (Å²) in [5.74, 6) is -2.68. The van der Waals surface area contributed by atoms with E-state index in [1.54, 1.807) is 0 Å². The molecule has 0 aliphatic carbocycles. The average molecular weight is 471 g/mol. The van der Waals surface area contributed by atoms with E-state index >= 15 is 0 Å². The van der Waals surface area contributed by atoms with Crippen LogP contribution in [0.15, 0.2) is 0 Å². The van der Waals surface area contributed by atoms with Crippen LogP contribution in [-0.2, 0) is 51.7 Å². The van der Waals surface area contributed by atoms with Crippen molar-refractivity contribution in [3.8, 4) is 0 Å². The zero-order chi connectivity index (χ0) is 23.1. The van der Waals surface area contributed by atoms with Gasteiger partial charge in [0.2, 0.25) is 0 Å². The fourth-order valence-corrected chi connectivity index (χ4v) is 4.69. The second-order valence-electron chi connectivity index (χ2n) is 6.55. The SMILES string of the molecule is CC(=O)OC[C@H]1O[C@@H](CCSS(C)(=O)=O)[C@H](OC(C)=O)[C@@H](OC(C)=O)[C@H]1OC(C)=O. The van der Waals surface area contributed by atoms with Gasteiger partial charge in [0.05, 0.1) is 6.10 Å². The van der Waals surface area contributed by atoms with Crippen LogP contribution in [0.3, 0.4) is 0 Å². The Hall–Kier alpha value is -1.86. The van der Waals surface area contributed by atoms with Gasteiger partial charge in [0, 0.05) is 39.7 Å². The first-order chi connectivity index (χ1) is 13.8. The van der Waals surface area contributed by atoms with E-state index in [0.29, 0.717) is 10.8 Å². The second-order valence-corrected chi connectivity index (χ2v) is 11.1. The lowest BCUT2D eigenvalue weighted by atomic mass is 9.93. The van der Waals surface area contributed by atoms with Crippen molar-refractivity contribution in [1.29, 1.82) is 0 Å². The summed E-state index contributed by atoms with van der Waals surface area (Å²) in [6.07, 6.45) is -4.47. The molecule has 1 aliphatic heterocycles. The molecule has 11 nitrogen and oxygen atoms in total. The molecule has 0 spiro atoms. The maximum atomic E-state index is 11.7. The number of hydrogen-bond acceptors (Lipinski definition) is 12. The summed E-state index contributed by atoms with van der Waals surface area (Å²) in [4.78, 5) is 46.2. The van der Waals surface area contributed by atoms with E-state index in [2.05, 4.69) is 0 Å². The molecule has 0 amide bonds. The number of rotatable bonds is 9. The van der Waals surface area contributed by atoms with Crippen molar-refractivity contribution in [3.05, 3.63) is 0 Å². The van der Waals surface area contributed by atoms with Crippen LogP contribution in [0.5, 0.6) is 0 Å². The Balaban J connectivity index is 3.25. The van der Waals surface area contributed by atoms with Crippen LogP contribution in [0.25, 0.3) is 0 Å². The molecule has 0 aromatic carbocycles. The summed E-state index contributed by atoms with van der Waals surface area (Å²) in [5.41, 5.74) is 0. The van der Waals surface area contributed by atoms with E-state index in [1.807, 2.05) is 0 Å². The highest BCUT2D eigenvalue weighted by atomic mass is 33.1. The molecule has 0 unspecified atom stereocenters. The van der Waals surface area contributed by atoms with Gasteiger partial charge in [0.15, 0.2) is 27.2 Å². The van der Waals surface area contributed by atoms with E-state index in [-0.39, 0.29) is 18.8 Å². The average Bonchev–Trinajstić information content (AvgIpc) is 2.55. The zero-order valence-electron chi connectivity index (χ0n) is 17.3. The number of ether oxygens (including phenoxy) is 5. The zero-order valence-corrected chi connectivity index (χ0v) is 18.9. The Bertz CT molecular complexity index is 749. The monoisotopic (exact) mass is 470 g/mol. The highest BCUT2D eigenvalue weighted by Gasteiger charge is 2.51. The van der Waals surface area contributed by atoms with Crippen molar-refractivity contribution < 1.29 is 51.3 Å². The molecular formula is C17H26O11S2. The molecule has 1 rings (SSSR count). The number of carbonyl (C=O) groups excluding carboxylic acids is 4. The van der Waals surface area contributed by atoms with Crippen molar-refractivity contribution in [3.63, 3.8) is 0 Å². The van der Waals surface area contributed by atoms with Gasteiger partial charge in [0.1, 0.15) is 12.7 Å². The molecule has 0 aromatic rings. The smallest absolute Gasteiger partial charge is 0.303 e. The quantitative estimate of drug-likeness (QED) is 0.257. The third-order valence-corrected chi connectivity index (χ3v) is 6.40. The Morgan fingerprint density at radius 3 is 1.70 bits per heavy atom. The number of carbonyl (C=O) groups is 4. The standard InChI is InChI=1S/C17H26O11S2/c1-9(18)24-8-14-16(26-11(3)20)17(27-12(4)21)15(25-10(2)19)13(28-14)6-7-29-30(5,22)23/h13-17H,6-8H2,1-5H3/t13-,14+,15-,16-,17+/m0/s1. The normalized spacial score (nSPS) is 26.4. The first kappa shape index (κ1) is 26.2. The third kappa shape index (κ3) is 9.30. The van der Waals surface area contributed by atoms with Gasteiger partial charge in [-0.05, 0) is 17.2 Å². The predicted molar refractivity (Wildman–Crippen MR) is 104 cm³/mol. The summed E-state index contributed by atoms with van der Waals surface area (Å²) >= 11 is 0. The molecule has 1 heterocycles. The lowest BCUT2D eigenvalue weighted by molar-refractivity contribution is -0.252. The molecule has 5 atom stereocenters. The molecule has 0 aromatic heterocycles. The van der Waals surface area contributed by atoms with Crippen LogP contribution in [0.2, 0.25) is 0 Å². The van der Waals surface area contributed by atoms with Crippen molar-refractivity contribution in [2.75, 3.05) is 18.6 Å². The Kier molecular flexibility index (Phi) is 10.0. The van der Waals surface area contributed by atoms with Gasteiger partial charge in [-0.1, -0.05) is 0 Å². The summed E-state index contributed by atoms with van der Waals surface area (Å²) in [6, 6.07) is 0. The van der Waals surface area contributed by atoms with Gasteiger partial charge in [-0.2, -0.15) is 0 Å². The lowest BCUT2D eigenvalue weighted by Crippen LogP contribution is -2.62. The Morgan fingerprint density at radius 1 is 0.800 bits per heavy atom. The predicted octanol–water partition coefficient (Wildman–Crippen LogP) is 0.195. The Morgan fingerprint density at radius 2 is 1.27 bits per heavy atom. The minimum absolute atomic E-state index is 0.0899. The molecule has 1 aliphatic rings. The lowest BCUT2D eigenvalue weighted by Gasteiger charge is -2.44. The summed E-state index contributed by atoms with van der Waals surface area (Å²) < 4.78 is 49.5. The maximum Gasteiger partial charge on any atom is 0.303 e. The molecule has 172 valence electrons. The van der Waals surface area contributed by atoms with Crippen LogP contribution in [0, 0.1) is 0 Å². The molecule has 0 radical (unpaired) electrons. The summed E-state index contributed by atoms with van der Waals surface area (Å²) in [5, 5.41) is 0. The van der Waals surface area contributed by atoms with Gasteiger partial charge in [0.25, 0.3) is 0 Å². The molecule has 1 fully saturated rings. The fourth-order valence-electron chi connectivity index (χ4n) is 2.87. The number of hydrogen-bond donors (Lipinski definition) is 0. The van der Waals surface area contributed by atoms with E-state index in [4.69, 9.17) is 23.7 Å². The van der Waals surface area contributed by atoms with Gasteiger partial charge < -0.3 is 23.7 Å². The van der Waals surface area contributed by atoms with Crippen LogP contribution >= 0.6 is 10.8 Å². The molecule has 1 saturated heterocycles. The maximum absolute atomic E-state index is 11.7. The van der Waals surface area contributed by atoms with Crippen LogP contribution in [0.1, 0.15) is 34.1 Å². The third-order valence-electron chi connectivity index (χ3n) is 3.79. The Labute approximate surface area is 178 Å².